The summed E-state index contributed by atoms with van der Waals surface area (Å²) in [6.45, 7) is -0.385. The predicted octanol–water partition coefficient (Wildman–Crippen LogP) is 4.15. The predicted molar refractivity (Wildman–Crippen MR) is 117 cm³/mol. The number of nitro groups is 1. The summed E-state index contributed by atoms with van der Waals surface area (Å²) in [5, 5.41) is 11.3. The maximum absolute atomic E-state index is 13.2. The van der Waals surface area contributed by atoms with E-state index in [0.717, 1.165) is 34.7 Å². The number of nitrogens with zero attached hydrogens (tertiary/aromatic N) is 2. The van der Waals surface area contributed by atoms with Gasteiger partial charge in [0.05, 0.1) is 28.5 Å². The number of amides is 2. The number of ketones is 1. The first-order valence-corrected chi connectivity index (χ1v) is 11.2. The first-order chi connectivity index (χ1) is 15.3. The van der Waals surface area contributed by atoms with Crippen LogP contribution in [-0.2, 0) is 9.59 Å². The monoisotopic (exact) mass is 498 g/mol. The first kappa shape index (κ1) is 20.8. The van der Waals surface area contributed by atoms with Gasteiger partial charge in [0.25, 0.3) is 5.69 Å². The fraction of sp³-hybridized carbons (Fsp3) is 0.348. The number of fused-ring (bicyclic) bond motifs is 5. The van der Waals surface area contributed by atoms with E-state index in [0.29, 0.717) is 5.56 Å². The minimum absolute atomic E-state index is 0.0290. The Bertz CT molecular complexity index is 1120. The lowest BCUT2D eigenvalue weighted by molar-refractivity contribution is -0.384. The van der Waals surface area contributed by atoms with Crippen LogP contribution in [0.4, 0.5) is 11.4 Å². The van der Waals surface area contributed by atoms with Crippen LogP contribution in [0.15, 0.2) is 46.9 Å². The maximum Gasteiger partial charge on any atom is 0.273 e. The second-order valence-corrected chi connectivity index (χ2v) is 9.44. The van der Waals surface area contributed by atoms with Crippen LogP contribution in [0.25, 0.3) is 0 Å². The molecule has 164 valence electrons. The molecule has 0 unspecified atom stereocenters. The molecule has 0 aromatic heterocycles. The Hall–Kier alpha value is -3.07. The minimum Gasteiger partial charge on any atom is -0.483 e. The molecule has 9 heteroatoms. The van der Waals surface area contributed by atoms with E-state index >= 15 is 0 Å². The summed E-state index contributed by atoms with van der Waals surface area (Å²) in [7, 11) is 0. The number of ether oxygens (including phenoxy) is 1. The molecule has 1 heterocycles. The highest BCUT2D eigenvalue weighted by atomic mass is 79.9. The standard InChI is InChI=1S/C23H19BrN2O6/c24-15-5-3-12(4-6-15)18(27)11-32-19-10-16(26(30)31)7-8-17(19)25-22(28)20-13-1-2-14(9-13)21(20)23(25)29/h3-8,10,13-14,20-21H,1-2,9,11H2/t13-,14+,20-,21-/m0/s1. The number of anilines is 1. The van der Waals surface area contributed by atoms with Crippen molar-refractivity contribution in [2.45, 2.75) is 19.3 Å². The van der Waals surface area contributed by atoms with Gasteiger partial charge in [-0.15, -0.1) is 0 Å². The molecule has 2 saturated carbocycles. The van der Waals surface area contributed by atoms with Gasteiger partial charge < -0.3 is 4.74 Å². The Labute approximate surface area is 191 Å². The SMILES string of the molecule is O=C(COc1cc([N+](=O)[O-])ccc1N1C(=O)[C@H]2[C@@H]3CC[C@@H](C3)[C@@H]2C1=O)c1ccc(Br)cc1. The van der Waals surface area contributed by atoms with Crippen molar-refractivity contribution in [3.8, 4) is 5.75 Å². The van der Waals surface area contributed by atoms with Crippen molar-refractivity contribution >= 4 is 44.9 Å². The van der Waals surface area contributed by atoms with Crippen molar-refractivity contribution in [2.24, 2.45) is 23.7 Å². The molecule has 2 amide bonds. The van der Waals surface area contributed by atoms with Gasteiger partial charge in [-0.05, 0) is 49.3 Å². The lowest BCUT2D eigenvalue weighted by Crippen LogP contribution is -2.33. The van der Waals surface area contributed by atoms with Crippen LogP contribution in [0, 0.1) is 33.8 Å². The summed E-state index contributed by atoms with van der Waals surface area (Å²) in [5.41, 5.74) is 0.321. The van der Waals surface area contributed by atoms with Gasteiger partial charge in [0.2, 0.25) is 11.8 Å². The summed E-state index contributed by atoms with van der Waals surface area (Å²) >= 11 is 3.31. The van der Waals surface area contributed by atoms with Crippen molar-refractivity contribution < 1.29 is 24.0 Å². The number of imide groups is 1. The zero-order chi connectivity index (χ0) is 22.6. The molecule has 0 N–H and O–H groups in total. The molecule has 1 aliphatic heterocycles. The smallest absolute Gasteiger partial charge is 0.273 e. The van der Waals surface area contributed by atoms with Gasteiger partial charge in [-0.1, -0.05) is 28.1 Å². The highest BCUT2D eigenvalue weighted by Crippen LogP contribution is 2.57. The van der Waals surface area contributed by atoms with Crippen LogP contribution in [0.1, 0.15) is 29.6 Å². The Morgan fingerprint density at radius 3 is 2.28 bits per heavy atom. The molecule has 2 bridgehead atoms. The van der Waals surface area contributed by atoms with E-state index in [1.807, 2.05) is 0 Å². The van der Waals surface area contributed by atoms with Crippen molar-refractivity contribution in [3.05, 3.63) is 62.6 Å². The van der Waals surface area contributed by atoms with Gasteiger partial charge in [0.15, 0.2) is 18.1 Å². The van der Waals surface area contributed by atoms with Gasteiger partial charge in [0, 0.05) is 16.1 Å². The van der Waals surface area contributed by atoms with Crippen LogP contribution >= 0.6 is 15.9 Å². The number of Topliss-reactive ketones (excluding diaryl/α,β-unsaturated/α-hetero) is 1. The molecule has 3 aliphatic rings. The normalized spacial score (nSPS) is 25.8. The van der Waals surface area contributed by atoms with E-state index in [1.54, 1.807) is 24.3 Å². The second kappa shape index (κ2) is 7.81. The fourth-order valence-corrected chi connectivity index (χ4v) is 5.69. The van der Waals surface area contributed by atoms with Crippen LogP contribution in [-0.4, -0.2) is 29.1 Å². The number of nitro benzene ring substituents is 1. The van der Waals surface area contributed by atoms with Gasteiger partial charge in [-0.2, -0.15) is 0 Å². The van der Waals surface area contributed by atoms with Crippen LogP contribution in [0.5, 0.6) is 5.75 Å². The van der Waals surface area contributed by atoms with E-state index in [-0.39, 0.29) is 65.0 Å². The molecular weight excluding hydrogens is 480 g/mol. The lowest BCUT2D eigenvalue weighted by Gasteiger charge is -2.20. The summed E-state index contributed by atoms with van der Waals surface area (Å²) < 4.78 is 6.48. The zero-order valence-electron chi connectivity index (χ0n) is 16.9. The van der Waals surface area contributed by atoms with Crippen molar-refractivity contribution in [2.75, 3.05) is 11.5 Å². The number of benzene rings is 2. The fourth-order valence-electron chi connectivity index (χ4n) is 5.43. The molecule has 0 spiro atoms. The number of hydrogen-bond donors (Lipinski definition) is 0. The lowest BCUT2D eigenvalue weighted by atomic mass is 9.81. The van der Waals surface area contributed by atoms with E-state index < -0.39 is 4.92 Å². The zero-order valence-corrected chi connectivity index (χ0v) is 18.5. The quantitative estimate of drug-likeness (QED) is 0.256. The Balaban J connectivity index is 1.44. The molecule has 8 nitrogen and oxygen atoms in total. The molecule has 5 rings (SSSR count). The van der Waals surface area contributed by atoms with Gasteiger partial charge in [-0.3, -0.25) is 24.5 Å². The molecule has 3 fully saturated rings. The third kappa shape index (κ3) is 3.31. The number of halogens is 1. The van der Waals surface area contributed by atoms with Crippen molar-refractivity contribution in [1.29, 1.82) is 0 Å². The number of carbonyl (C=O) groups is 3. The molecule has 2 aromatic carbocycles. The second-order valence-electron chi connectivity index (χ2n) is 8.52. The van der Waals surface area contributed by atoms with Crippen LogP contribution in [0.2, 0.25) is 0 Å². The molecule has 32 heavy (non-hydrogen) atoms. The average Bonchev–Trinajstić information content (AvgIpc) is 3.46. The minimum atomic E-state index is -0.588. The summed E-state index contributed by atoms with van der Waals surface area (Å²) in [6.07, 6.45) is 2.81. The summed E-state index contributed by atoms with van der Waals surface area (Å²) in [4.78, 5) is 50.7. The summed E-state index contributed by atoms with van der Waals surface area (Å²) in [6, 6.07) is 10.5. The van der Waals surface area contributed by atoms with Crippen LogP contribution < -0.4 is 9.64 Å². The summed E-state index contributed by atoms with van der Waals surface area (Å²) in [5.74, 6) is -1.12. The number of non-ortho nitro benzene ring substituents is 1. The molecule has 2 aromatic rings. The van der Waals surface area contributed by atoms with E-state index in [2.05, 4.69) is 15.9 Å². The maximum atomic E-state index is 13.2. The van der Waals surface area contributed by atoms with Crippen LogP contribution in [0.3, 0.4) is 0 Å². The third-order valence-electron chi connectivity index (χ3n) is 6.85. The molecular formula is C23H19BrN2O6. The van der Waals surface area contributed by atoms with Crippen molar-refractivity contribution in [1.82, 2.24) is 0 Å². The third-order valence-corrected chi connectivity index (χ3v) is 7.38. The van der Waals surface area contributed by atoms with Gasteiger partial charge in [0.1, 0.15) is 0 Å². The highest BCUT2D eigenvalue weighted by molar-refractivity contribution is 9.10. The highest BCUT2D eigenvalue weighted by Gasteiger charge is 2.61. The first-order valence-electron chi connectivity index (χ1n) is 10.4. The topological polar surface area (TPSA) is 107 Å². The van der Waals surface area contributed by atoms with Gasteiger partial charge in [-0.25, -0.2) is 4.90 Å². The van der Waals surface area contributed by atoms with Gasteiger partial charge >= 0.3 is 0 Å². The van der Waals surface area contributed by atoms with E-state index in [4.69, 9.17) is 4.74 Å². The van der Waals surface area contributed by atoms with Crippen molar-refractivity contribution in [3.63, 3.8) is 0 Å². The molecule has 0 radical (unpaired) electrons. The number of hydrogen-bond acceptors (Lipinski definition) is 6. The Morgan fingerprint density at radius 2 is 1.69 bits per heavy atom. The Morgan fingerprint density at radius 1 is 1.06 bits per heavy atom. The largest absolute Gasteiger partial charge is 0.483 e. The molecule has 1 saturated heterocycles. The average molecular weight is 499 g/mol. The van der Waals surface area contributed by atoms with E-state index in [9.17, 15) is 24.5 Å². The molecule has 2 aliphatic carbocycles. The number of rotatable bonds is 6. The Kier molecular flexibility index (Phi) is 5.08. The number of carbonyl (C=O) groups excluding carboxylic acids is 3. The van der Waals surface area contributed by atoms with E-state index in [1.165, 1.54) is 12.1 Å². The molecule has 4 atom stereocenters.